The van der Waals surface area contributed by atoms with Gasteiger partial charge in [0.1, 0.15) is 12.4 Å². The number of nitrogens with one attached hydrogen (secondary N) is 1. The molecule has 0 unspecified atom stereocenters. The molecule has 5 nitrogen and oxygen atoms in total. The van der Waals surface area contributed by atoms with E-state index in [-0.39, 0.29) is 19.0 Å². The van der Waals surface area contributed by atoms with Crippen molar-refractivity contribution in [2.24, 2.45) is 0 Å². The van der Waals surface area contributed by atoms with Crippen molar-refractivity contribution in [2.75, 3.05) is 7.05 Å². The van der Waals surface area contributed by atoms with Crippen molar-refractivity contribution >= 4 is 18.1 Å². The SMILES string of the molecule is CCCc1n[nH]c(=S)n1CC(=O)N(C)Cc1ccc(C(F)(F)F)cc1. The van der Waals surface area contributed by atoms with Gasteiger partial charge in [-0.15, -0.1) is 0 Å². The predicted molar refractivity (Wildman–Crippen MR) is 89.3 cm³/mol. The number of aryl methyl sites for hydroxylation is 1. The molecular formula is C16H19F3N4OS. The van der Waals surface area contributed by atoms with Gasteiger partial charge in [-0.3, -0.25) is 14.5 Å². The van der Waals surface area contributed by atoms with E-state index in [1.165, 1.54) is 17.0 Å². The third-order valence-corrected chi connectivity index (χ3v) is 4.04. The molecule has 2 aromatic rings. The number of aromatic nitrogens is 3. The molecule has 0 aliphatic carbocycles. The van der Waals surface area contributed by atoms with E-state index in [1.54, 1.807) is 11.6 Å². The molecule has 0 atom stereocenters. The van der Waals surface area contributed by atoms with Crippen LogP contribution in [0.4, 0.5) is 13.2 Å². The summed E-state index contributed by atoms with van der Waals surface area (Å²) in [4.78, 5) is 13.8. The molecule has 1 aromatic heterocycles. The fourth-order valence-corrected chi connectivity index (χ4v) is 2.56. The Labute approximate surface area is 148 Å². The Bertz CT molecular complexity index is 780. The summed E-state index contributed by atoms with van der Waals surface area (Å²) in [7, 11) is 1.60. The molecule has 25 heavy (non-hydrogen) atoms. The number of rotatable bonds is 6. The maximum absolute atomic E-state index is 12.6. The lowest BCUT2D eigenvalue weighted by Gasteiger charge is -2.18. The molecule has 0 aliphatic heterocycles. The molecule has 0 spiro atoms. The van der Waals surface area contributed by atoms with Crippen molar-refractivity contribution in [3.05, 3.63) is 46.0 Å². The van der Waals surface area contributed by atoms with Crippen LogP contribution in [0, 0.1) is 4.77 Å². The van der Waals surface area contributed by atoms with Crippen LogP contribution in [0.3, 0.4) is 0 Å². The molecule has 1 aromatic carbocycles. The second-order valence-corrected chi connectivity index (χ2v) is 6.11. The van der Waals surface area contributed by atoms with Gasteiger partial charge < -0.3 is 4.90 Å². The van der Waals surface area contributed by atoms with Gasteiger partial charge in [-0.2, -0.15) is 18.3 Å². The number of nitrogens with zero attached hydrogens (tertiary/aromatic N) is 3. The van der Waals surface area contributed by atoms with Crippen LogP contribution in [0.15, 0.2) is 24.3 Å². The van der Waals surface area contributed by atoms with E-state index in [1.807, 2.05) is 6.92 Å². The van der Waals surface area contributed by atoms with Crippen molar-refractivity contribution in [1.82, 2.24) is 19.7 Å². The van der Waals surface area contributed by atoms with Crippen LogP contribution in [0.5, 0.6) is 0 Å². The lowest BCUT2D eigenvalue weighted by Crippen LogP contribution is -2.30. The Morgan fingerprint density at radius 1 is 1.32 bits per heavy atom. The highest BCUT2D eigenvalue weighted by atomic mass is 32.1. The number of benzene rings is 1. The zero-order chi connectivity index (χ0) is 18.6. The van der Waals surface area contributed by atoms with E-state index in [2.05, 4.69) is 10.2 Å². The number of H-pyrrole nitrogens is 1. The standard InChI is InChI=1S/C16H19F3N4OS/c1-3-4-13-20-21-15(25)23(13)10-14(24)22(2)9-11-5-7-12(8-6-11)16(17,18)19/h5-8H,3-4,9-10H2,1-2H3,(H,21,25). The van der Waals surface area contributed by atoms with Crippen molar-refractivity contribution in [2.45, 2.75) is 39.0 Å². The Balaban J connectivity index is 2.03. The Kier molecular flexibility index (Phi) is 5.99. The second kappa shape index (κ2) is 7.81. The number of carbonyl (C=O) groups excluding carboxylic acids is 1. The van der Waals surface area contributed by atoms with Gasteiger partial charge in [-0.1, -0.05) is 19.1 Å². The average Bonchev–Trinajstić information content (AvgIpc) is 2.88. The molecule has 1 N–H and O–H groups in total. The van der Waals surface area contributed by atoms with Gasteiger partial charge in [-0.05, 0) is 36.3 Å². The number of carbonyl (C=O) groups is 1. The average molecular weight is 372 g/mol. The summed E-state index contributed by atoms with van der Waals surface area (Å²) in [5.41, 5.74) is -0.0902. The molecule has 9 heteroatoms. The van der Waals surface area contributed by atoms with Gasteiger partial charge in [-0.25, -0.2) is 0 Å². The summed E-state index contributed by atoms with van der Waals surface area (Å²) in [5.74, 6) is 0.513. The van der Waals surface area contributed by atoms with Crippen LogP contribution in [0.1, 0.15) is 30.3 Å². The lowest BCUT2D eigenvalue weighted by atomic mass is 10.1. The smallest absolute Gasteiger partial charge is 0.340 e. The van der Waals surface area contributed by atoms with Gasteiger partial charge in [0.05, 0.1) is 5.56 Å². The Morgan fingerprint density at radius 2 is 1.96 bits per heavy atom. The van der Waals surface area contributed by atoms with E-state index in [0.717, 1.165) is 18.6 Å². The molecular weight excluding hydrogens is 353 g/mol. The van der Waals surface area contributed by atoms with E-state index in [9.17, 15) is 18.0 Å². The molecule has 136 valence electrons. The number of likely N-dealkylation sites (N-methyl/N-ethyl adjacent to an activating group) is 1. The van der Waals surface area contributed by atoms with Crippen molar-refractivity contribution in [3.63, 3.8) is 0 Å². The fourth-order valence-electron chi connectivity index (χ4n) is 2.34. The quantitative estimate of drug-likeness (QED) is 0.789. The van der Waals surface area contributed by atoms with Gasteiger partial charge in [0.2, 0.25) is 5.91 Å². The topological polar surface area (TPSA) is 53.9 Å². The predicted octanol–water partition coefficient (Wildman–Crippen LogP) is 3.57. The van der Waals surface area contributed by atoms with Gasteiger partial charge in [0, 0.05) is 20.0 Å². The minimum Gasteiger partial charge on any atom is -0.340 e. The first-order valence-electron chi connectivity index (χ1n) is 7.76. The molecule has 0 aliphatic rings. The van der Waals surface area contributed by atoms with Crippen LogP contribution in [-0.2, 0) is 30.5 Å². The largest absolute Gasteiger partial charge is 0.416 e. The molecule has 1 heterocycles. The van der Waals surface area contributed by atoms with E-state index in [0.29, 0.717) is 22.6 Å². The summed E-state index contributed by atoms with van der Waals surface area (Å²) in [6.45, 7) is 2.26. The maximum atomic E-state index is 12.6. The number of hydrogen-bond donors (Lipinski definition) is 1. The highest BCUT2D eigenvalue weighted by Crippen LogP contribution is 2.29. The molecule has 0 fully saturated rings. The van der Waals surface area contributed by atoms with Crippen LogP contribution in [0.25, 0.3) is 0 Å². The molecule has 0 radical (unpaired) electrons. The van der Waals surface area contributed by atoms with Gasteiger partial charge in [0.15, 0.2) is 4.77 Å². The highest BCUT2D eigenvalue weighted by molar-refractivity contribution is 7.71. The number of hydrogen-bond acceptors (Lipinski definition) is 3. The lowest BCUT2D eigenvalue weighted by molar-refractivity contribution is -0.137. The second-order valence-electron chi connectivity index (χ2n) is 5.73. The zero-order valence-electron chi connectivity index (χ0n) is 13.9. The monoisotopic (exact) mass is 372 g/mol. The van der Waals surface area contributed by atoms with E-state index < -0.39 is 11.7 Å². The first-order valence-corrected chi connectivity index (χ1v) is 8.17. The highest BCUT2D eigenvalue weighted by Gasteiger charge is 2.30. The van der Waals surface area contributed by atoms with E-state index >= 15 is 0 Å². The Hall–Kier alpha value is -2.16. The summed E-state index contributed by atoms with van der Waals surface area (Å²) in [6.07, 6.45) is -2.80. The van der Waals surface area contributed by atoms with Crippen LogP contribution in [0.2, 0.25) is 0 Å². The Morgan fingerprint density at radius 3 is 2.52 bits per heavy atom. The summed E-state index contributed by atoms with van der Waals surface area (Å²) >= 11 is 5.14. The number of aromatic amines is 1. The number of alkyl halides is 3. The van der Waals surface area contributed by atoms with Gasteiger partial charge >= 0.3 is 6.18 Å². The van der Waals surface area contributed by atoms with Crippen molar-refractivity contribution in [3.8, 4) is 0 Å². The third-order valence-electron chi connectivity index (χ3n) is 3.73. The molecule has 0 saturated heterocycles. The number of halogens is 3. The summed E-state index contributed by atoms with van der Waals surface area (Å²) in [6, 6.07) is 4.77. The summed E-state index contributed by atoms with van der Waals surface area (Å²) in [5, 5.41) is 6.78. The van der Waals surface area contributed by atoms with Crippen molar-refractivity contribution in [1.29, 1.82) is 0 Å². The van der Waals surface area contributed by atoms with Crippen molar-refractivity contribution < 1.29 is 18.0 Å². The zero-order valence-corrected chi connectivity index (χ0v) is 14.7. The minimum absolute atomic E-state index is 0.0435. The molecule has 1 amide bonds. The first-order chi connectivity index (χ1) is 11.7. The van der Waals surface area contributed by atoms with Gasteiger partial charge in [0.25, 0.3) is 0 Å². The van der Waals surface area contributed by atoms with Crippen LogP contribution >= 0.6 is 12.2 Å². The normalized spacial score (nSPS) is 11.6. The molecule has 0 saturated carbocycles. The van der Waals surface area contributed by atoms with E-state index in [4.69, 9.17) is 12.2 Å². The molecule has 0 bridgehead atoms. The summed E-state index contributed by atoms with van der Waals surface area (Å²) < 4.78 is 39.7. The number of amides is 1. The minimum atomic E-state index is -4.37. The van der Waals surface area contributed by atoms with Crippen LogP contribution < -0.4 is 0 Å². The first kappa shape index (κ1) is 19.2. The maximum Gasteiger partial charge on any atom is 0.416 e. The third kappa shape index (κ3) is 4.91. The fraction of sp³-hybridized carbons (Fsp3) is 0.438. The van der Waals surface area contributed by atoms with Crippen LogP contribution in [-0.4, -0.2) is 32.6 Å². The molecule has 2 rings (SSSR count).